The van der Waals surface area contributed by atoms with Crippen molar-refractivity contribution < 1.29 is 5.11 Å². The van der Waals surface area contributed by atoms with Crippen LogP contribution in [0.25, 0.3) is 0 Å². The molecule has 1 unspecified atom stereocenters. The van der Waals surface area contributed by atoms with E-state index in [1.807, 2.05) is 55.5 Å². The summed E-state index contributed by atoms with van der Waals surface area (Å²) in [6, 6.07) is 15.9. The lowest BCUT2D eigenvalue weighted by atomic mass is 9.86. The molecule has 2 aromatic rings. The molecule has 0 fully saturated rings. The smallest absolute Gasteiger partial charge is 0.0726 e. The first-order valence-corrected chi connectivity index (χ1v) is 7.90. The fourth-order valence-electron chi connectivity index (χ4n) is 2.31. The molecule has 0 bridgehead atoms. The molecule has 0 radical (unpaired) electrons. The van der Waals surface area contributed by atoms with Crippen molar-refractivity contribution in [3.63, 3.8) is 0 Å². The monoisotopic (exact) mass is 352 g/mol. The Morgan fingerprint density at radius 3 is 2.40 bits per heavy atom. The number of hydrogen-bond acceptors (Lipinski definition) is 1. The van der Waals surface area contributed by atoms with Crippen LogP contribution in [-0.2, 0) is 12.8 Å². The van der Waals surface area contributed by atoms with E-state index >= 15 is 0 Å². The van der Waals surface area contributed by atoms with Crippen molar-refractivity contribution in [2.24, 2.45) is 0 Å². The van der Waals surface area contributed by atoms with E-state index in [2.05, 4.69) is 15.9 Å². The van der Waals surface area contributed by atoms with Gasteiger partial charge in [-0.25, -0.2) is 0 Å². The molecule has 20 heavy (non-hydrogen) atoms. The Morgan fingerprint density at radius 1 is 1.10 bits per heavy atom. The quantitative estimate of drug-likeness (QED) is 0.799. The summed E-state index contributed by atoms with van der Waals surface area (Å²) in [4.78, 5) is 0. The van der Waals surface area contributed by atoms with Gasteiger partial charge in [0.25, 0.3) is 0 Å². The summed E-state index contributed by atoms with van der Waals surface area (Å²) >= 11 is 9.65. The van der Waals surface area contributed by atoms with Crippen molar-refractivity contribution in [1.82, 2.24) is 0 Å². The maximum atomic E-state index is 10.9. The highest BCUT2D eigenvalue weighted by Gasteiger charge is 2.26. The molecular weight excluding hydrogens is 336 g/mol. The van der Waals surface area contributed by atoms with Crippen molar-refractivity contribution in [3.8, 4) is 0 Å². The van der Waals surface area contributed by atoms with Gasteiger partial charge in [-0.3, -0.25) is 0 Å². The molecule has 0 aliphatic rings. The Labute approximate surface area is 133 Å². The van der Waals surface area contributed by atoms with Crippen LogP contribution in [0.5, 0.6) is 0 Å². The first kappa shape index (κ1) is 15.6. The van der Waals surface area contributed by atoms with Crippen molar-refractivity contribution >= 4 is 27.5 Å². The van der Waals surface area contributed by atoms with Crippen LogP contribution in [-0.4, -0.2) is 10.7 Å². The Balaban J connectivity index is 2.18. The number of hydrogen-bond donors (Lipinski definition) is 1. The molecule has 0 aliphatic heterocycles. The molecule has 0 aromatic heterocycles. The van der Waals surface area contributed by atoms with Crippen LogP contribution in [0, 0.1) is 0 Å². The summed E-state index contributed by atoms with van der Waals surface area (Å²) in [6.45, 7) is 2.01. The molecule has 0 spiro atoms. The minimum absolute atomic E-state index is 0.560. The van der Waals surface area contributed by atoms with Gasteiger partial charge in [-0.15, -0.1) is 0 Å². The van der Waals surface area contributed by atoms with Gasteiger partial charge in [0.2, 0.25) is 0 Å². The predicted octanol–water partition coefficient (Wildman–Crippen LogP) is 5.03. The lowest BCUT2D eigenvalue weighted by Crippen LogP contribution is -2.33. The summed E-state index contributed by atoms with van der Waals surface area (Å²) in [6.07, 6.45) is 1.88. The van der Waals surface area contributed by atoms with Crippen LogP contribution in [0.2, 0.25) is 5.02 Å². The van der Waals surface area contributed by atoms with E-state index in [9.17, 15) is 5.11 Å². The van der Waals surface area contributed by atoms with Crippen molar-refractivity contribution in [2.45, 2.75) is 31.8 Å². The first-order chi connectivity index (χ1) is 9.52. The zero-order valence-corrected chi connectivity index (χ0v) is 13.8. The summed E-state index contributed by atoms with van der Waals surface area (Å²) in [7, 11) is 0. The van der Waals surface area contributed by atoms with Crippen molar-refractivity contribution in [3.05, 3.63) is 69.2 Å². The molecule has 1 nitrogen and oxygen atoms in total. The maximum absolute atomic E-state index is 10.9. The minimum Gasteiger partial charge on any atom is -0.389 e. The third-order valence-electron chi connectivity index (χ3n) is 3.57. The van der Waals surface area contributed by atoms with Crippen LogP contribution < -0.4 is 0 Å². The van der Waals surface area contributed by atoms with Crippen LogP contribution in [0.4, 0.5) is 0 Å². The van der Waals surface area contributed by atoms with Crippen LogP contribution in [0.1, 0.15) is 24.5 Å². The molecule has 0 amide bonds. The molecule has 0 aliphatic carbocycles. The number of aliphatic hydroxyl groups is 1. The highest BCUT2D eigenvalue weighted by atomic mass is 79.9. The van der Waals surface area contributed by atoms with Gasteiger partial charge in [0.15, 0.2) is 0 Å². The molecule has 106 valence electrons. The fraction of sp³-hybridized carbons (Fsp3) is 0.294. The molecule has 1 N–H and O–H groups in total. The van der Waals surface area contributed by atoms with E-state index < -0.39 is 5.60 Å². The summed E-state index contributed by atoms with van der Waals surface area (Å²) in [5.41, 5.74) is 1.36. The topological polar surface area (TPSA) is 20.2 Å². The normalized spacial score (nSPS) is 14.0. The summed E-state index contributed by atoms with van der Waals surface area (Å²) in [5.74, 6) is 0. The second-order valence-corrected chi connectivity index (χ2v) is 6.48. The molecular formula is C17H18BrClO. The van der Waals surface area contributed by atoms with E-state index in [0.29, 0.717) is 24.3 Å². The highest BCUT2D eigenvalue weighted by molar-refractivity contribution is 9.10. The van der Waals surface area contributed by atoms with Crippen LogP contribution in [0.3, 0.4) is 0 Å². The van der Waals surface area contributed by atoms with E-state index in [0.717, 1.165) is 15.6 Å². The standard InChI is InChI=1S/C17H18BrClO/c1-2-17(20,11-13-6-4-3-5-7-13)12-14-8-9-15(18)10-16(14)19/h3-10,20H,2,11-12H2,1H3. The molecule has 2 aromatic carbocycles. The molecule has 0 saturated carbocycles. The minimum atomic E-state index is -0.765. The van der Waals surface area contributed by atoms with Gasteiger partial charge in [0, 0.05) is 22.3 Å². The lowest BCUT2D eigenvalue weighted by Gasteiger charge is -2.27. The third-order valence-corrected chi connectivity index (χ3v) is 4.41. The van der Waals surface area contributed by atoms with E-state index in [1.54, 1.807) is 0 Å². The number of benzene rings is 2. The second kappa shape index (κ2) is 6.75. The van der Waals surface area contributed by atoms with Gasteiger partial charge in [-0.05, 0) is 29.7 Å². The zero-order chi connectivity index (χ0) is 14.6. The Morgan fingerprint density at radius 2 is 1.80 bits per heavy atom. The van der Waals surface area contributed by atoms with Crippen molar-refractivity contribution in [1.29, 1.82) is 0 Å². The molecule has 1 atom stereocenters. The van der Waals surface area contributed by atoms with Gasteiger partial charge >= 0.3 is 0 Å². The van der Waals surface area contributed by atoms with E-state index in [4.69, 9.17) is 11.6 Å². The maximum Gasteiger partial charge on any atom is 0.0726 e. The SMILES string of the molecule is CCC(O)(Cc1ccccc1)Cc1ccc(Br)cc1Cl. The Bertz CT molecular complexity index is 570. The molecule has 0 heterocycles. The van der Waals surface area contributed by atoms with Gasteiger partial charge in [0.1, 0.15) is 0 Å². The number of rotatable bonds is 5. The fourth-order valence-corrected chi connectivity index (χ4v) is 3.05. The molecule has 2 rings (SSSR count). The second-order valence-electron chi connectivity index (χ2n) is 5.15. The number of halogens is 2. The largest absolute Gasteiger partial charge is 0.389 e. The summed E-state index contributed by atoms with van der Waals surface area (Å²) in [5, 5.41) is 11.5. The van der Waals surface area contributed by atoms with Gasteiger partial charge in [-0.2, -0.15) is 0 Å². The Kier molecular flexibility index (Phi) is 5.25. The molecule has 3 heteroatoms. The molecule has 0 saturated heterocycles. The van der Waals surface area contributed by atoms with Gasteiger partial charge in [-0.1, -0.05) is 70.9 Å². The highest BCUT2D eigenvalue weighted by Crippen LogP contribution is 2.28. The average Bonchev–Trinajstić information content (AvgIpc) is 2.43. The van der Waals surface area contributed by atoms with Gasteiger partial charge in [0.05, 0.1) is 5.60 Å². The zero-order valence-electron chi connectivity index (χ0n) is 11.4. The van der Waals surface area contributed by atoms with Crippen molar-refractivity contribution in [2.75, 3.05) is 0 Å². The first-order valence-electron chi connectivity index (χ1n) is 6.73. The average molecular weight is 354 g/mol. The lowest BCUT2D eigenvalue weighted by molar-refractivity contribution is 0.0369. The predicted molar refractivity (Wildman–Crippen MR) is 88.2 cm³/mol. The van der Waals surface area contributed by atoms with Gasteiger partial charge < -0.3 is 5.11 Å². The Hall–Kier alpha value is -0.830. The van der Waals surface area contributed by atoms with Crippen LogP contribution in [0.15, 0.2) is 53.0 Å². The van der Waals surface area contributed by atoms with Crippen LogP contribution >= 0.6 is 27.5 Å². The van der Waals surface area contributed by atoms with E-state index in [-0.39, 0.29) is 0 Å². The van der Waals surface area contributed by atoms with E-state index in [1.165, 1.54) is 0 Å². The third kappa shape index (κ3) is 4.08. The summed E-state index contributed by atoms with van der Waals surface area (Å²) < 4.78 is 0.953.